The van der Waals surface area contributed by atoms with Crippen LogP contribution in [0.2, 0.25) is 0 Å². The minimum atomic E-state index is -3.92. The highest BCUT2D eigenvalue weighted by Crippen LogP contribution is 2.23. The van der Waals surface area contributed by atoms with Crippen molar-refractivity contribution in [2.24, 2.45) is 0 Å². The highest BCUT2D eigenvalue weighted by molar-refractivity contribution is 7.92. The molecule has 0 radical (unpaired) electrons. The lowest BCUT2D eigenvalue weighted by molar-refractivity contribution is 0.262. The molecule has 0 saturated carbocycles. The molecule has 11 heteroatoms. The third-order valence-electron chi connectivity index (χ3n) is 3.99. The monoisotopic (exact) mass is 422 g/mol. The molecule has 0 unspecified atom stereocenters. The van der Waals surface area contributed by atoms with E-state index in [-0.39, 0.29) is 22.2 Å². The second-order valence-electron chi connectivity index (χ2n) is 6.06. The number of rotatable bonds is 5. The van der Waals surface area contributed by atoms with Crippen molar-refractivity contribution in [2.45, 2.75) is 18.7 Å². The van der Waals surface area contributed by atoms with Gasteiger partial charge in [-0.05, 0) is 50.2 Å². The Morgan fingerprint density at radius 2 is 1.72 bits per heavy atom. The van der Waals surface area contributed by atoms with Crippen molar-refractivity contribution < 1.29 is 26.5 Å². The van der Waals surface area contributed by atoms with Gasteiger partial charge in [0.2, 0.25) is 5.88 Å². The van der Waals surface area contributed by atoms with Crippen molar-refractivity contribution in [2.75, 3.05) is 15.4 Å². The number of anilines is 3. The molecular formula is C18H16F2N4O4S. The molecule has 8 nitrogen and oxygen atoms in total. The Kier molecular flexibility index (Phi) is 5.50. The predicted octanol–water partition coefficient (Wildman–Crippen LogP) is 4.01. The molecule has 0 aliphatic heterocycles. The number of urea groups is 1. The SMILES string of the molecule is Cc1noc(NS(=O)(=O)c2ccc(NC(=O)Nc3ccc(F)cc3F)cc2)c1C. The van der Waals surface area contributed by atoms with E-state index in [2.05, 4.69) is 20.5 Å². The molecule has 152 valence electrons. The average Bonchev–Trinajstić information content (AvgIpc) is 2.96. The molecule has 0 bridgehead atoms. The van der Waals surface area contributed by atoms with Gasteiger partial charge in [-0.1, -0.05) is 5.16 Å². The van der Waals surface area contributed by atoms with Crippen LogP contribution in [0.5, 0.6) is 0 Å². The fourth-order valence-electron chi connectivity index (χ4n) is 2.28. The Morgan fingerprint density at radius 1 is 1.03 bits per heavy atom. The quantitative estimate of drug-likeness (QED) is 0.575. The lowest BCUT2D eigenvalue weighted by atomic mass is 10.3. The number of sulfonamides is 1. The number of nitrogens with zero attached hydrogens (tertiary/aromatic N) is 1. The van der Waals surface area contributed by atoms with Gasteiger partial charge in [0.1, 0.15) is 11.6 Å². The number of benzene rings is 2. The molecule has 3 N–H and O–H groups in total. The standard InChI is InChI=1S/C18H16F2N4O4S/c1-10-11(2)23-28-17(10)24-29(26,27)14-6-4-13(5-7-14)21-18(25)22-16-8-3-12(19)9-15(16)20/h3-9,24H,1-2H3,(H2,21,22,25). The van der Waals surface area contributed by atoms with Gasteiger partial charge in [0.25, 0.3) is 10.0 Å². The topological polar surface area (TPSA) is 113 Å². The highest BCUT2D eigenvalue weighted by atomic mass is 32.2. The molecule has 3 rings (SSSR count). The summed E-state index contributed by atoms with van der Waals surface area (Å²) < 4.78 is 58.6. The van der Waals surface area contributed by atoms with Crippen LogP contribution in [0, 0.1) is 25.5 Å². The second-order valence-corrected chi connectivity index (χ2v) is 7.74. The van der Waals surface area contributed by atoms with Crippen LogP contribution in [-0.2, 0) is 10.0 Å². The third-order valence-corrected chi connectivity index (χ3v) is 5.33. The average molecular weight is 422 g/mol. The maximum Gasteiger partial charge on any atom is 0.323 e. The first-order chi connectivity index (χ1) is 13.7. The molecular weight excluding hydrogens is 406 g/mol. The summed E-state index contributed by atoms with van der Waals surface area (Å²) in [6, 6.07) is 7.20. The van der Waals surface area contributed by atoms with Crippen molar-refractivity contribution in [3.05, 3.63) is 65.4 Å². The second kappa shape index (κ2) is 7.87. The summed E-state index contributed by atoms with van der Waals surface area (Å²) in [7, 11) is -3.92. The summed E-state index contributed by atoms with van der Waals surface area (Å²) >= 11 is 0. The van der Waals surface area contributed by atoms with Crippen LogP contribution < -0.4 is 15.4 Å². The number of aryl methyl sites for hydroxylation is 1. The summed E-state index contributed by atoms with van der Waals surface area (Å²) in [5.74, 6) is -1.68. The summed E-state index contributed by atoms with van der Waals surface area (Å²) in [6.07, 6.45) is 0. The maximum atomic E-state index is 13.6. The van der Waals surface area contributed by atoms with Crippen LogP contribution in [-0.4, -0.2) is 19.6 Å². The lowest BCUT2D eigenvalue weighted by Gasteiger charge is -2.10. The van der Waals surface area contributed by atoms with Crippen molar-refractivity contribution in [3.8, 4) is 0 Å². The van der Waals surface area contributed by atoms with Crippen LogP contribution >= 0.6 is 0 Å². The van der Waals surface area contributed by atoms with Gasteiger partial charge in [0, 0.05) is 17.3 Å². The first-order valence-electron chi connectivity index (χ1n) is 8.24. The first-order valence-corrected chi connectivity index (χ1v) is 9.73. The van der Waals surface area contributed by atoms with Crippen molar-refractivity contribution in [1.82, 2.24) is 5.16 Å². The zero-order valence-electron chi connectivity index (χ0n) is 15.3. The highest BCUT2D eigenvalue weighted by Gasteiger charge is 2.19. The van der Waals surface area contributed by atoms with Crippen LogP contribution in [0.3, 0.4) is 0 Å². The minimum Gasteiger partial charge on any atom is -0.337 e. The molecule has 0 spiro atoms. The van der Waals surface area contributed by atoms with E-state index in [1.165, 1.54) is 24.3 Å². The fourth-order valence-corrected chi connectivity index (χ4v) is 3.33. The molecule has 0 fully saturated rings. The van der Waals surface area contributed by atoms with Gasteiger partial charge in [-0.2, -0.15) is 0 Å². The molecule has 3 aromatic rings. The number of carbonyl (C=O) groups is 1. The largest absolute Gasteiger partial charge is 0.337 e. The number of hydrogen-bond donors (Lipinski definition) is 3. The van der Waals surface area contributed by atoms with Gasteiger partial charge in [-0.25, -0.2) is 26.7 Å². The van der Waals surface area contributed by atoms with Gasteiger partial charge in [-0.15, -0.1) is 0 Å². The number of aromatic nitrogens is 1. The Morgan fingerprint density at radius 3 is 2.31 bits per heavy atom. The van der Waals surface area contributed by atoms with Crippen molar-refractivity contribution >= 4 is 33.3 Å². The van der Waals surface area contributed by atoms with Gasteiger partial charge in [0.05, 0.1) is 16.3 Å². The van der Waals surface area contributed by atoms with Gasteiger partial charge in [0.15, 0.2) is 0 Å². The zero-order valence-corrected chi connectivity index (χ0v) is 16.1. The molecule has 1 heterocycles. The number of halogens is 2. The summed E-state index contributed by atoms with van der Waals surface area (Å²) in [4.78, 5) is 11.9. The Bertz CT molecular complexity index is 1160. The van der Waals surface area contributed by atoms with E-state index in [1.807, 2.05) is 0 Å². The Hall–Kier alpha value is -3.47. The molecule has 29 heavy (non-hydrogen) atoms. The normalized spacial score (nSPS) is 11.2. The lowest BCUT2D eigenvalue weighted by Crippen LogP contribution is -2.20. The van der Waals surface area contributed by atoms with E-state index >= 15 is 0 Å². The molecule has 0 aliphatic rings. The molecule has 0 aliphatic carbocycles. The summed E-state index contributed by atoms with van der Waals surface area (Å²) in [5.41, 5.74) is 1.18. The fraction of sp³-hybridized carbons (Fsp3) is 0.111. The number of amides is 2. The van der Waals surface area contributed by atoms with E-state index in [0.29, 0.717) is 17.3 Å². The number of nitrogens with one attached hydrogen (secondary N) is 3. The van der Waals surface area contributed by atoms with Crippen LogP contribution in [0.1, 0.15) is 11.3 Å². The van der Waals surface area contributed by atoms with Gasteiger partial charge < -0.3 is 15.2 Å². The molecule has 0 saturated heterocycles. The van der Waals surface area contributed by atoms with Gasteiger partial charge >= 0.3 is 6.03 Å². The smallest absolute Gasteiger partial charge is 0.323 e. The van der Waals surface area contributed by atoms with Crippen LogP contribution in [0.25, 0.3) is 0 Å². The molecule has 0 atom stereocenters. The first kappa shape index (κ1) is 20.3. The maximum absolute atomic E-state index is 13.6. The molecule has 1 aromatic heterocycles. The van der Waals surface area contributed by atoms with Crippen LogP contribution in [0.15, 0.2) is 51.9 Å². The Balaban J connectivity index is 1.67. The van der Waals surface area contributed by atoms with E-state index in [0.717, 1.165) is 12.1 Å². The zero-order chi connectivity index (χ0) is 21.2. The van der Waals surface area contributed by atoms with E-state index in [1.54, 1.807) is 13.8 Å². The van der Waals surface area contributed by atoms with Crippen molar-refractivity contribution in [3.63, 3.8) is 0 Å². The molecule has 2 aromatic carbocycles. The van der Waals surface area contributed by atoms with E-state index in [9.17, 15) is 22.0 Å². The van der Waals surface area contributed by atoms with E-state index < -0.39 is 27.7 Å². The van der Waals surface area contributed by atoms with Crippen molar-refractivity contribution in [1.29, 1.82) is 0 Å². The third kappa shape index (κ3) is 4.69. The van der Waals surface area contributed by atoms with Gasteiger partial charge in [-0.3, -0.25) is 0 Å². The van der Waals surface area contributed by atoms with Crippen LogP contribution in [0.4, 0.5) is 30.8 Å². The number of carbonyl (C=O) groups excluding carboxylic acids is 1. The minimum absolute atomic E-state index is 0.0189. The van der Waals surface area contributed by atoms with E-state index in [4.69, 9.17) is 4.52 Å². The summed E-state index contributed by atoms with van der Waals surface area (Å²) in [5, 5.41) is 8.33. The molecule has 2 amide bonds. The predicted molar refractivity (Wildman–Crippen MR) is 102 cm³/mol. The summed E-state index contributed by atoms with van der Waals surface area (Å²) in [6.45, 7) is 3.35. The number of hydrogen-bond acceptors (Lipinski definition) is 5. The Labute approximate surface area is 165 Å².